The topological polar surface area (TPSA) is 35.5 Å². The highest BCUT2D eigenvalue weighted by Gasteiger charge is 2.32. The summed E-state index contributed by atoms with van der Waals surface area (Å²) in [7, 11) is 0. The van der Waals surface area contributed by atoms with Crippen LogP contribution in [0.2, 0.25) is 0 Å². The fraction of sp³-hybridized carbons (Fsp3) is 0. The lowest BCUT2D eigenvalue weighted by molar-refractivity contribution is -0.129. The van der Waals surface area contributed by atoms with E-state index in [1.807, 2.05) is 0 Å². The molecule has 0 aliphatic heterocycles. The second-order valence-corrected chi connectivity index (χ2v) is 5.07. The van der Waals surface area contributed by atoms with Gasteiger partial charge in [0.05, 0.1) is 0 Å². The summed E-state index contributed by atoms with van der Waals surface area (Å²) < 4.78 is 116. The molecule has 0 spiro atoms. The fourth-order valence-electron chi connectivity index (χ4n) is 1.66. The first-order valence-corrected chi connectivity index (χ1v) is 6.78. The second-order valence-electron chi connectivity index (χ2n) is 4.61. The summed E-state index contributed by atoms with van der Waals surface area (Å²) in [6, 6.07) is -0.140. The summed E-state index contributed by atoms with van der Waals surface area (Å²) in [4.78, 5) is 11.3. The number of hydrogen-bond acceptors (Lipinski definition) is 3. The lowest BCUT2D eigenvalue weighted by Gasteiger charge is -2.14. The van der Waals surface area contributed by atoms with E-state index in [0.717, 1.165) is 0 Å². The molecule has 0 aromatic heterocycles. The van der Waals surface area contributed by atoms with Gasteiger partial charge in [-0.05, 0) is 0 Å². The van der Waals surface area contributed by atoms with Gasteiger partial charge in [0, 0.05) is 6.07 Å². The highest BCUT2D eigenvalue weighted by Crippen LogP contribution is 2.41. The van der Waals surface area contributed by atoms with Crippen LogP contribution in [-0.4, -0.2) is 5.97 Å². The number of carbonyl (C=O) groups excluding carboxylic acids is 1. The first kappa shape index (κ1) is 20.5. The van der Waals surface area contributed by atoms with E-state index in [-0.39, 0.29) is 6.07 Å². The molecule has 12 heteroatoms. The van der Waals surface area contributed by atoms with E-state index in [1.54, 1.807) is 0 Å². The van der Waals surface area contributed by atoms with Crippen LogP contribution >= 0.6 is 11.6 Å². The van der Waals surface area contributed by atoms with E-state index in [0.29, 0.717) is 0 Å². The van der Waals surface area contributed by atoms with Gasteiger partial charge in [-0.15, -0.1) is 0 Å². The first-order valence-electron chi connectivity index (χ1n) is 6.40. The maximum atomic E-state index is 13.9. The molecule has 0 unspecified atom stereocenters. The highest BCUT2D eigenvalue weighted by molar-refractivity contribution is 6.41. The molecule has 3 nitrogen and oxygen atoms in total. The summed E-state index contributed by atoms with van der Waals surface area (Å²) in [5.41, 5.74) is 0. The van der Waals surface area contributed by atoms with Crippen molar-refractivity contribution in [1.82, 2.24) is 0 Å². The van der Waals surface area contributed by atoms with E-state index < -0.39 is 74.8 Å². The summed E-state index contributed by atoms with van der Waals surface area (Å²) >= 11 is 5.14. The van der Waals surface area contributed by atoms with Crippen LogP contribution in [0.4, 0.5) is 35.1 Å². The minimum absolute atomic E-state index is 0.140. The summed E-state index contributed by atoms with van der Waals surface area (Å²) in [6.45, 7) is 2.87. The average molecular weight is 419 g/mol. The van der Waals surface area contributed by atoms with Gasteiger partial charge in [0.25, 0.3) is 0 Å². The van der Waals surface area contributed by atoms with E-state index in [2.05, 4.69) is 16.1 Å². The molecular weight excluding hydrogens is 416 g/mol. The van der Waals surface area contributed by atoms with Crippen molar-refractivity contribution in [2.24, 2.45) is 0 Å². The lowest BCUT2D eigenvalue weighted by Crippen LogP contribution is -2.12. The predicted molar refractivity (Wildman–Crippen MR) is 73.3 cm³/mol. The van der Waals surface area contributed by atoms with Crippen molar-refractivity contribution >= 4 is 17.6 Å². The van der Waals surface area contributed by atoms with E-state index in [1.165, 1.54) is 0 Å². The zero-order valence-electron chi connectivity index (χ0n) is 12.4. The molecule has 0 N–H and O–H groups in total. The quantitative estimate of drug-likeness (QED) is 0.170. The zero-order valence-corrected chi connectivity index (χ0v) is 13.2. The highest BCUT2D eigenvalue weighted by atomic mass is 35.5. The minimum atomic E-state index is -2.49. The van der Waals surface area contributed by atoms with Crippen LogP contribution in [0.25, 0.3) is 0 Å². The smallest absolute Gasteiger partial charge is 0.354 e. The summed E-state index contributed by atoms with van der Waals surface area (Å²) in [6.07, 6.45) is 0. The Balaban J connectivity index is 2.69. The van der Waals surface area contributed by atoms with E-state index in [9.17, 15) is 39.9 Å². The molecule has 27 heavy (non-hydrogen) atoms. The Morgan fingerprint density at radius 3 is 1.78 bits per heavy atom. The Labute approximate surface area is 149 Å². The van der Waals surface area contributed by atoms with Gasteiger partial charge in [-0.2, -0.15) is 13.2 Å². The molecule has 144 valence electrons. The minimum Gasteiger partial charge on any atom is -0.447 e. The Kier molecular flexibility index (Phi) is 5.64. The Bertz CT molecular complexity index is 977. The fourth-order valence-corrected chi connectivity index (χ4v) is 1.70. The molecule has 0 heterocycles. The van der Waals surface area contributed by atoms with Crippen LogP contribution in [0.1, 0.15) is 0 Å². The van der Waals surface area contributed by atoms with Crippen LogP contribution in [0.15, 0.2) is 17.7 Å². The molecule has 0 amide bonds. The van der Waals surface area contributed by atoms with Gasteiger partial charge in [0.1, 0.15) is 5.03 Å². The molecule has 2 aromatic rings. The van der Waals surface area contributed by atoms with Crippen molar-refractivity contribution in [3.8, 4) is 17.2 Å². The van der Waals surface area contributed by atoms with Gasteiger partial charge in [-0.25, -0.2) is 26.7 Å². The average Bonchev–Trinajstić information content (AvgIpc) is 2.62. The van der Waals surface area contributed by atoms with Crippen LogP contribution in [-0.2, 0) is 4.79 Å². The number of carbonyl (C=O) groups is 1. The Hall–Kier alpha value is -2.82. The van der Waals surface area contributed by atoms with Crippen LogP contribution in [0.3, 0.4) is 0 Å². The standard InChI is InChI=1S/C15H3ClF8O3/c1-3(16)15(25)27-14-12(24)10(22)9(21)11(23)13(14)26-5-2-4(17)6(18)8(20)7(5)19/h2H,1H2. The lowest BCUT2D eigenvalue weighted by atomic mass is 10.2. The zero-order chi connectivity index (χ0) is 20.6. The van der Waals surface area contributed by atoms with Crippen molar-refractivity contribution < 1.29 is 49.4 Å². The maximum Gasteiger partial charge on any atom is 0.354 e. The van der Waals surface area contributed by atoms with Crippen LogP contribution in [0, 0.1) is 46.5 Å². The Morgan fingerprint density at radius 1 is 0.778 bits per heavy atom. The molecule has 0 aliphatic rings. The number of halogens is 9. The second kappa shape index (κ2) is 7.43. The third-order valence-electron chi connectivity index (χ3n) is 2.88. The molecular formula is C15H3ClF8O3. The van der Waals surface area contributed by atoms with Crippen LogP contribution < -0.4 is 9.47 Å². The largest absolute Gasteiger partial charge is 0.447 e. The third-order valence-corrected chi connectivity index (χ3v) is 3.03. The SMILES string of the molecule is C=C(Cl)C(=O)Oc1c(F)c(F)c(F)c(F)c1Oc1cc(F)c(F)c(F)c1F. The van der Waals surface area contributed by atoms with Gasteiger partial charge in [0.15, 0.2) is 17.4 Å². The molecule has 2 rings (SSSR count). The van der Waals surface area contributed by atoms with Crippen molar-refractivity contribution in [2.45, 2.75) is 0 Å². The molecule has 0 atom stereocenters. The number of esters is 1. The molecule has 0 bridgehead atoms. The normalized spacial score (nSPS) is 10.7. The van der Waals surface area contributed by atoms with Gasteiger partial charge < -0.3 is 9.47 Å². The molecule has 0 aliphatic carbocycles. The summed E-state index contributed by atoms with van der Waals surface area (Å²) in [5.74, 6) is -25.4. The molecule has 0 radical (unpaired) electrons. The van der Waals surface area contributed by atoms with Gasteiger partial charge in [-0.1, -0.05) is 18.2 Å². The molecule has 0 saturated heterocycles. The molecule has 2 aromatic carbocycles. The number of benzene rings is 2. The summed E-state index contributed by atoms with van der Waals surface area (Å²) in [5, 5.41) is -0.921. The maximum absolute atomic E-state index is 13.9. The molecule has 0 fully saturated rings. The van der Waals surface area contributed by atoms with Crippen molar-refractivity contribution in [2.75, 3.05) is 0 Å². The predicted octanol–water partition coefficient (Wildman–Crippen LogP) is 5.25. The third kappa shape index (κ3) is 3.68. The van der Waals surface area contributed by atoms with Gasteiger partial charge in [-0.3, -0.25) is 0 Å². The van der Waals surface area contributed by atoms with Gasteiger partial charge in [0.2, 0.25) is 46.4 Å². The Morgan fingerprint density at radius 2 is 1.26 bits per heavy atom. The molecule has 0 saturated carbocycles. The van der Waals surface area contributed by atoms with E-state index >= 15 is 0 Å². The van der Waals surface area contributed by atoms with E-state index in [4.69, 9.17) is 11.6 Å². The van der Waals surface area contributed by atoms with Crippen molar-refractivity contribution in [3.05, 3.63) is 64.2 Å². The first-order chi connectivity index (χ1) is 12.5. The van der Waals surface area contributed by atoms with Crippen molar-refractivity contribution in [1.29, 1.82) is 0 Å². The number of rotatable bonds is 4. The number of hydrogen-bond donors (Lipinski definition) is 0. The van der Waals surface area contributed by atoms with Gasteiger partial charge >= 0.3 is 5.97 Å². The van der Waals surface area contributed by atoms with Crippen LogP contribution in [0.5, 0.6) is 17.2 Å². The monoisotopic (exact) mass is 418 g/mol. The van der Waals surface area contributed by atoms with Crippen molar-refractivity contribution in [3.63, 3.8) is 0 Å². The number of ether oxygens (including phenoxy) is 2.